The summed E-state index contributed by atoms with van der Waals surface area (Å²) >= 11 is 0. The maximum absolute atomic E-state index is 9.17. The van der Waals surface area contributed by atoms with Gasteiger partial charge in [0.25, 0.3) is 0 Å². The lowest BCUT2D eigenvalue weighted by Crippen LogP contribution is -2.23. The van der Waals surface area contributed by atoms with Gasteiger partial charge in [0, 0.05) is 6.61 Å². The molecule has 0 fully saturated rings. The van der Waals surface area contributed by atoms with E-state index in [9.17, 15) is 0 Å². The van der Waals surface area contributed by atoms with E-state index in [2.05, 4.69) is 25.7 Å². The molecule has 0 saturated carbocycles. The van der Waals surface area contributed by atoms with Gasteiger partial charge in [0.15, 0.2) is 0 Å². The zero-order valence-electron chi connectivity index (χ0n) is 11.5. The van der Waals surface area contributed by atoms with Gasteiger partial charge in [-0.15, -0.1) is 0 Å². The third kappa shape index (κ3) is 8.12. The Morgan fingerprint density at radius 2 is 1.62 bits per heavy atom. The first-order chi connectivity index (χ1) is 7.78. The van der Waals surface area contributed by atoms with Crippen LogP contribution in [0.2, 0.25) is 0 Å². The van der Waals surface area contributed by atoms with Crippen LogP contribution in [0.3, 0.4) is 0 Å². The average molecular weight is 229 g/mol. The van der Waals surface area contributed by atoms with E-state index in [0.717, 1.165) is 0 Å². The van der Waals surface area contributed by atoms with Crippen molar-refractivity contribution in [3.63, 3.8) is 0 Å². The molecular formula is C14H31NO. The van der Waals surface area contributed by atoms with Crippen LogP contribution in [0.5, 0.6) is 0 Å². The summed E-state index contributed by atoms with van der Waals surface area (Å²) in [6.45, 7) is 10.6. The van der Waals surface area contributed by atoms with E-state index in [1.807, 2.05) is 0 Å². The molecule has 0 unspecified atom stereocenters. The van der Waals surface area contributed by atoms with Crippen LogP contribution in [0.15, 0.2) is 0 Å². The van der Waals surface area contributed by atoms with Crippen LogP contribution in [0, 0.1) is 5.92 Å². The molecule has 0 saturated heterocycles. The van der Waals surface area contributed by atoms with Crippen LogP contribution >= 0.6 is 0 Å². The molecule has 0 aliphatic rings. The Labute approximate surface area is 102 Å². The van der Waals surface area contributed by atoms with Gasteiger partial charge in [-0.3, -0.25) is 0 Å². The highest BCUT2D eigenvalue weighted by Gasteiger charge is 2.05. The molecule has 0 aromatic rings. The van der Waals surface area contributed by atoms with Gasteiger partial charge in [0.1, 0.15) is 0 Å². The van der Waals surface area contributed by atoms with Crippen molar-refractivity contribution in [2.24, 2.45) is 5.92 Å². The first-order valence-corrected chi connectivity index (χ1v) is 7.11. The minimum absolute atomic E-state index is 0.379. The minimum atomic E-state index is 0.379. The Bertz CT molecular complexity index is 135. The van der Waals surface area contributed by atoms with Gasteiger partial charge in [-0.2, -0.15) is 0 Å². The standard InChI is InChI=1S/C14H31NO/c1-4-10-14(13-16)11-8-7-9-12-15(5-2)6-3/h14,16H,4-13H2,1-3H3/t14-/m0/s1. The van der Waals surface area contributed by atoms with E-state index in [0.29, 0.717) is 12.5 Å². The normalized spacial score (nSPS) is 13.3. The highest BCUT2D eigenvalue weighted by Crippen LogP contribution is 2.14. The van der Waals surface area contributed by atoms with Gasteiger partial charge in [-0.1, -0.05) is 40.0 Å². The SMILES string of the molecule is CCC[C@H](CO)CCCCCN(CC)CC. The van der Waals surface area contributed by atoms with Gasteiger partial charge in [0.05, 0.1) is 0 Å². The molecule has 98 valence electrons. The monoisotopic (exact) mass is 229 g/mol. The van der Waals surface area contributed by atoms with Gasteiger partial charge >= 0.3 is 0 Å². The second kappa shape index (κ2) is 11.4. The number of hydrogen-bond acceptors (Lipinski definition) is 2. The molecule has 0 radical (unpaired) electrons. The molecule has 0 aliphatic carbocycles. The smallest absolute Gasteiger partial charge is 0.0459 e. The first kappa shape index (κ1) is 15.9. The zero-order valence-corrected chi connectivity index (χ0v) is 11.5. The molecular weight excluding hydrogens is 198 g/mol. The maximum atomic E-state index is 9.17. The zero-order chi connectivity index (χ0) is 12.2. The van der Waals surface area contributed by atoms with Crippen molar-refractivity contribution in [3.05, 3.63) is 0 Å². The average Bonchev–Trinajstić information content (AvgIpc) is 2.32. The van der Waals surface area contributed by atoms with E-state index >= 15 is 0 Å². The minimum Gasteiger partial charge on any atom is -0.396 e. The number of aliphatic hydroxyl groups excluding tert-OH is 1. The van der Waals surface area contributed by atoms with Crippen molar-refractivity contribution in [2.75, 3.05) is 26.2 Å². The number of nitrogens with zero attached hydrogens (tertiary/aromatic N) is 1. The summed E-state index contributed by atoms with van der Waals surface area (Å²) < 4.78 is 0. The van der Waals surface area contributed by atoms with Crippen LogP contribution in [0.1, 0.15) is 59.3 Å². The van der Waals surface area contributed by atoms with E-state index < -0.39 is 0 Å². The van der Waals surface area contributed by atoms with Crippen LogP contribution < -0.4 is 0 Å². The molecule has 2 nitrogen and oxygen atoms in total. The number of unbranched alkanes of at least 4 members (excludes halogenated alkanes) is 2. The van der Waals surface area contributed by atoms with Crippen molar-refractivity contribution in [3.8, 4) is 0 Å². The van der Waals surface area contributed by atoms with Crippen molar-refractivity contribution in [2.45, 2.75) is 59.3 Å². The second-order valence-electron chi connectivity index (χ2n) is 4.71. The first-order valence-electron chi connectivity index (χ1n) is 7.11. The predicted octanol–water partition coefficient (Wildman–Crippen LogP) is 3.30. The van der Waals surface area contributed by atoms with Crippen molar-refractivity contribution < 1.29 is 5.11 Å². The van der Waals surface area contributed by atoms with Crippen molar-refractivity contribution in [1.29, 1.82) is 0 Å². The second-order valence-corrected chi connectivity index (χ2v) is 4.71. The van der Waals surface area contributed by atoms with Crippen LogP contribution in [0.4, 0.5) is 0 Å². The molecule has 0 aliphatic heterocycles. The summed E-state index contributed by atoms with van der Waals surface area (Å²) in [6.07, 6.45) is 7.51. The Hall–Kier alpha value is -0.0800. The summed E-state index contributed by atoms with van der Waals surface area (Å²) in [4.78, 5) is 2.48. The molecule has 16 heavy (non-hydrogen) atoms. The van der Waals surface area contributed by atoms with Crippen molar-refractivity contribution in [1.82, 2.24) is 4.90 Å². The maximum Gasteiger partial charge on any atom is 0.0459 e. The summed E-state index contributed by atoms with van der Waals surface area (Å²) in [5.74, 6) is 0.554. The van der Waals surface area contributed by atoms with E-state index in [1.165, 1.54) is 58.2 Å². The fourth-order valence-electron chi connectivity index (χ4n) is 2.22. The van der Waals surface area contributed by atoms with Gasteiger partial charge in [0.2, 0.25) is 0 Å². The van der Waals surface area contributed by atoms with E-state index in [4.69, 9.17) is 5.11 Å². The quantitative estimate of drug-likeness (QED) is 0.550. The van der Waals surface area contributed by atoms with E-state index in [1.54, 1.807) is 0 Å². The fraction of sp³-hybridized carbons (Fsp3) is 1.00. The fourth-order valence-corrected chi connectivity index (χ4v) is 2.22. The molecule has 0 amide bonds. The molecule has 0 aromatic heterocycles. The molecule has 0 rings (SSSR count). The predicted molar refractivity (Wildman–Crippen MR) is 71.7 cm³/mol. The highest BCUT2D eigenvalue weighted by atomic mass is 16.3. The Morgan fingerprint density at radius 1 is 0.938 bits per heavy atom. The van der Waals surface area contributed by atoms with Crippen LogP contribution in [0.25, 0.3) is 0 Å². The summed E-state index contributed by atoms with van der Waals surface area (Å²) in [5.41, 5.74) is 0. The largest absolute Gasteiger partial charge is 0.396 e. The summed E-state index contributed by atoms with van der Waals surface area (Å²) in [5, 5.41) is 9.17. The number of rotatable bonds is 11. The Balaban J connectivity index is 3.37. The molecule has 0 spiro atoms. The lowest BCUT2D eigenvalue weighted by molar-refractivity contribution is 0.205. The lowest BCUT2D eigenvalue weighted by Gasteiger charge is -2.18. The van der Waals surface area contributed by atoms with E-state index in [-0.39, 0.29) is 0 Å². The van der Waals surface area contributed by atoms with Gasteiger partial charge in [-0.05, 0) is 44.8 Å². The number of aliphatic hydroxyl groups is 1. The molecule has 2 heteroatoms. The van der Waals surface area contributed by atoms with Crippen LogP contribution in [-0.4, -0.2) is 36.2 Å². The molecule has 0 heterocycles. The number of hydrogen-bond donors (Lipinski definition) is 1. The topological polar surface area (TPSA) is 23.5 Å². The van der Waals surface area contributed by atoms with Crippen LogP contribution in [-0.2, 0) is 0 Å². The Morgan fingerprint density at radius 3 is 2.12 bits per heavy atom. The molecule has 1 N–H and O–H groups in total. The van der Waals surface area contributed by atoms with Crippen molar-refractivity contribution >= 4 is 0 Å². The highest BCUT2D eigenvalue weighted by molar-refractivity contribution is 4.58. The third-order valence-electron chi connectivity index (χ3n) is 3.44. The third-order valence-corrected chi connectivity index (χ3v) is 3.44. The van der Waals surface area contributed by atoms with Gasteiger partial charge in [-0.25, -0.2) is 0 Å². The molecule has 0 bridgehead atoms. The summed E-state index contributed by atoms with van der Waals surface area (Å²) in [7, 11) is 0. The van der Waals surface area contributed by atoms with Gasteiger partial charge < -0.3 is 10.0 Å². The summed E-state index contributed by atoms with van der Waals surface area (Å²) in [6, 6.07) is 0. The lowest BCUT2D eigenvalue weighted by atomic mass is 9.97. The molecule has 1 atom stereocenters. The molecule has 0 aromatic carbocycles. The Kier molecular flexibility index (Phi) is 11.3.